The van der Waals surface area contributed by atoms with E-state index in [4.69, 9.17) is 4.98 Å². The van der Waals surface area contributed by atoms with Crippen LogP contribution in [0.1, 0.15) is 25.0 Å². The quantitative estimate of drug-likeness (QED) is 0.184. The number of hydrogen-bond donors (Lipinski definition) is 0. The molecule has 0 radical (unpaired) electrons. The van der Waals surface area contributed by atoms with Gasteiger partial charge in [0.1, 0.15) is 5.82 Å². The fourth-order valence-electron chi connectivity index (χ4n) is 8.21. The van der Waals surface area contributed by atoms with Crippen molar-refractivity contribution in [2.24, 2.45) is 0 Å². The van der Waals surface area contributed by atoms with E-state index in [1.807, 2.05) is 0 Å². The first-order valence-electron chi connectivity index (χ1n) is 17.6. The van der Waals surface area contributed by atoms with Crippen molar-refractivity contribution in [1.29, 1.82) is 0 Å². The summed E-state index contributed by atoms with van der Waals surface area (Å²) in [6.45, 7) is 4.71. The van der Waals surface area contributed by atoms with Gasteiger partial charge in [-0.1, -0.05) is 117 Å². The lowest BCUT2D eigenvalue weighted by Gasteiger charge is -2.26. The second kappa shape index (κ2) is 11.3. The minimum absolute atomic E-state index is 0.179. The number of anilines is 3. The van der Waals surface area contributed by atoms with Crippen LogP contribution in [0.2, 0.25) is 0 Å². The van der Waals surface area contributed by atoms with Gasteiger partial charge in [0.05, 0.1) is 11.0 Å². The van der Waals surface area contributed by atoms with Crippen LogP contribution in [0.15, 0.2) is 176 Å². The summed E-state index contributed by atoms with van der Waals surface area (Å²) in [5.41, 5.74) is 12.8. The minimum Gasteiger partial charge on any atom is -0.310 e. The highest BCUT2D eigenvalue weighted by Gasteiger charge is 2.37. The summed E-state index contributed by atoms with van der Waals surface area (Å²) >= 11 is 0. The van der Waals surface area contributed by atoms with Gasteiger partial charge in [0.2, 0.25) is 0 Å². The Kier molecular flexibility index (Phi) is 6.53. The molecule has 242 valence electrons. The normalized spacial score (nSPS) is 13.1. The molecule has 3 heteroatoms. The van der Waals surface area contributed by atoms with E-state index in [1.165, 1.54) is 43.8 Å². The van der Waals surface area contributed by atoms with E-state index >= 15 is 0 Å². The second-order valence-corrected chi connectivity index (χ2v) is 14.1. The van der Waals surface area contributed by atoms with Gasteiger partial charge in [-0.25, -0.2) is 4.98 Å². The summed E-state index contributed by atoms with van der Waals surface area (Å²) in [5.74, 6) is 0.958. The first kappa shape index (κ1) is 29.5. The molecule has 0 spiro atoms. The highest BCUT2D eigenvalue weighted by Crippen LogP contribution is 2.52. The summed E-state index contributed by atoms with van der Waals surface area (Å²) in [5, 5.41) is 4.88. The van der Waals surface area contributed by atoms with E-state index < -0.39 is 0 Å². The first-order chi connectivity index (χ1) is 25.0. The van der Waals surface area contributed by atoms with Gasteiger partial charge in [-0.15, -0.1) is 0 Å². The molecule has 0 bridgehead atoms. The number of rotatable bonds is 5. The Bertz CT molecular complexity index is 2720. The molecule has 1 aliphatic carbocycles. The lowest BCUT2D eigenvalue weighted by Crippen LogP contribution is -2.15. The van der Waals surface area contributed by atoms with Gasteiger partial charge < -0.3 is 4.90 Å². The number of fused-ring (bicyclic) bond motifs is 6. The van der Waals surface area contributed by atoms with Gasteiger partial charge in [-0.2, -0.15) is 0 Å². The van der Waals surface area contributed by atoms with Crippen molar-refractivity contribution >= 4 is 49.6 Å². The molecule has 0 unspecified atom stereocenters. The Morgan fingerprint density at radius 1 is 0.471 bits per heavy atom. The van der Waals surface area contributed by atoms with E-state index in [0.29, 0.717) is 0 Å². The number of nitrogens with zero attached hydrogens (tertiary/aromatic N) is 3. The van der Waals surface area contributed by atoms with Crippen molar-refractivity contribution in [3.8, 4) is 28.2 Å². The molecule has 0 amide bonds. The lowest BCUT2D eigenvalue weighted by molar-refractivity contribution is 0.662. The van der Waals surface area contributed by atoms with Crippen LogP contribution in [0.4, 0.5) is 17.1 Å². The zero-order valence-electron chi connectivity index (χ0n) is 28.6. The molecule has 0 saturated carbocycles. The Hall–Kier alpha value is -6.45. The fraction of sp³-hybridized carbons (Fsp3) is 0.0625. The number of benzene rings is 8. The maximum atomic E-state index is 5.42. The number of imidazole rings is 1. The maximum Gasteiger partial charge on any atom is 0.146 e. The van der Waals surface area contributed by atoms with E-state index in [-0.39, 0.29) is 5.41 Å². The minimum atomic E-state index is -0.179. The van der Waals surface area contributed by atoms with Crippen LogP contribution >= 0.6 is 0 Å². The Balaban J connectivity index is 1.19. The molecule has 0 aliphatic heterocycles. The number of aromatic nitrogens is 2. The van der Waals surface area contributed by atoms with Crippen molar-refractivity contribution in [3.63, 3.8) is 0 Å². The highest BCUT2D eigenvalue weighted by atomic mass is 15.1. The first-order valence-corrected chi connectivity index (χ1v) is 17.6. The van der Waals surface area contributed by atoms with Crippen LogP contribution in [0.3, 0.4) is 0 Å². The molecule has 1 heterocycles. The number of para-hydroxylation sites is 3. The summed E-state index contributed by atoms with van der Waals surface area (Å²) in [6, 6.07) is 63.4. The summed E-state index contributed by atoms with van der Waals surface area (Å²) in [4.78, 5) is 7.75. The van der Waals surface area contributed by atoms with Crippen LogP contribution in [0.5, 0.6) is 0 Å². The van der Waals surface area contributed by atoms with Crippen molar-refractivity contribution in [2.75, 3.05) is 4.90 Å². The lowest BCUT2D eigenvalue weighted by atomic mass is 9.82. The molecule has 51 heavy (non-hydrogen) atoms. The average Bonchev–Trinajstić information content (AvgIpc) is 3.65. The average molecular weight is 654 g/mol. The molecule has 0 N–H and O–H groups in total. The van der Waals surface area contributed by atoms with Gasteiger partial charge in [0.25, 0.3) is 0 Å². The molecular formula is C48H35N3. The fourth-order valence-corrected chi connectivity index (χ4v) is 8.21. The molecule has 8 aromatic carbocycles. The Morgan fingerprint density at radius 3 is 1.84 bits per heavy atom. The molecule has 0 atom stereocenters. The predicted molar refractivity (Wildman–Crippen MR) is 214 cm³/mol. The van der Waals surface area contributed by atoms with Gasteiger partial charge in [-0.3, -0.25) is 4.57 Å². The third-order valence-electron chi connectivity index (χ3n) is 10.7. The SMILES string of the molecule is CC1(C)c2cc3ccc(N(c4ccccc4)c4ccccc4)cc3cc2-c2cc3c(cc21)nc(-c1cccc2ccccc12)n3-c1ccccc1. The van der Waals surface area contributed by atoms with Gasteiger partial charge in [0, 0.05) is 33.7 Å². The maximum absolute atomic E-state index is 5.42. The van der Waals surface area contributed by atoms with Crippen LogP contribution in [-0.4, -0.2) is 9.55 Å². The molecule has 9 aromatic rings. The number of hydrogen-bond acceptors (Lipinski definition) is 2. The zero-order chi connectivity index (χ0) is 34.1. The molecule has 10 rings (SSSR count). The van der Waals surface area contributed by atoms with Gasteiger partial charge >= 0.3 is 0 Å². The topological polar surface area (TPSA) is 21.1 Å². The predicted octanol–water partition coefficient (Wildman–Crippen LogP) is 12.8. The van der Waals surface area contributed by atoms with E-state index in [1.54, 1.807) is 0 Å². The van der Waals surface area contributed by atoms with E-state index in [9.17, 15) is 0 Å². The standard InChI is InChI=1S/C48H35N3/c1-48(2)43-29-33-25-26-38(50(35-17-6-3-7-18-35)36-19-8-4-9-20-36)27-34(33)28-41(43)42-30-46-45(31-44(42)48)49-47(51(46)37-21-10-5-11-22-37)40-24-14-16-32-15-12-13-23-39(32)40/h3-31H,1-2H3. The monoisotopic (exact) mass is 653 g/mol. The smallest absolute Gasteiger partial charge is 0.146 e. The highest BCUT2D eigenvalue weighted by molar-refractivity contribution is 6.01. The van der Waals surface area contributed by atoms with Gasteiger partial charge in [-0.05, 0) is 117 Å². The molecule has 0 fully saturated rings. The summed E-state index contributed by atoms with van der Waals surface area (Å²) in [6.07, 6.45) is 0. The van der Waals surface area contributed by atoms with Crippen LogP contribution in [-0.2, 0) is 5.41 Å². The molecule has 0 saturated heterocycles. The Morgan fingerprint density at radius 2 is 1.10 bits per heavy atom. The summed E-state index contributed by atoms with van der Waals surface area (Å²) in [7, 11) is 0. The Labute approximate surface area is 297 Å². The van der Waals surface area contributed by atoms with E-state index in [0.717, 1.165) is 45.2 Å². The van der Waals surface area contributed by atoms with Crippen LogP contribution in [0, 0.1) is 0 Å². The second-order valence-electron chi connectivity index (χ2n) is 14.1. The van der Waals surface area contributed by atoms with Crippen LogP contribution in [0.25, 0.3) is 60.8 Å². The zero-order valence-corrected chi connectivity index (χ0v) is 28.6. The molecular weight excluding hydrogens is 619 g/mol. The van der Waals surface area contributed by atoms with Gasteiger partial charge in [0.15, 0.2) is 0 Å². The third kappa shape index (κ3) is 4.62. The summed E-state index contributed by atoms with van der Waals surface area (Å²) < 4.78 is 2.35. The largest absolute Gasteiger partial charge is 0.310 e. The van der Waals surface area contributed by atoms with Crippen molar-refractivity contribution < 1.29 is 0 Å². The van der Waals surface area contributed by atoms with Crippen molar-refractivity contribution in [2.45, 2.75) is 19.3 Å². The molecule has 1 aromatic heterocycles. The third-order valence-corrected chi connectivity index (χ3v) is 10.7. The van der Waals surface area contributed by atoms with Crippen LogP contribution < -0.4 is 4.90 Å². The van der Waals surface area contributed by atoms with Crippen molar-refractivity contribution in [3.05, 3.63) is 187 Å². The van der Waals surface area contributed by atoms with Crippen molar-refractivity contribution in [1.82, 2.24) is 9.55 Å². The molecule has 1 aliphatic rings. The van der Waals surface area contributed by atoms with E-state index in [2.05, 4.69) is 199 Å². The molecule has 3 nitrogen and oxygen atoms in total.